The van der Waals surface area contributed by atoms with Gasteiger partial charge in [0.15, 0.2) is 12.4 Å². The van der Waals surface area contributed by atoms with Crippen LogP contribution < -0.4 is 10.2 Å². The number of β-lactam (4-membered cyclic amide) rings is 1. The molecule has 0 aromatic heterocycles. The fourth-order valence-corrected chi connectivity index (χ4v) is 7.93. The number of nitrogens with zero attached hydrogens (tertiary/aromatic N) is 1. The second kappa shape index (κ2) is 14.8. The van der Waals surface area contributed by atoms with Crippen molar-refractivity contribution in [2.45, 2.75) is 48.1 Å². The van der Waals surface area contributed by atoms with Gasteiger partial charge in [0.05, 0.1) is 17.5 Å². The quantitative estimate of drug-likeness (QED) is 0.0871. The number of para-hydroxylation sites is 1. The molecule has 0 bridgehead atoms. The van der Waals surface area contributed by atoms with Gasteiger partial charge in [-0.25, -0.2) is 9.18 Å². The van der Waals surface area contributed by atoms with Gasteiger partial charge in [0.1, 0.15) is 35.1 Å². The van der Waals surface area contributed by atoms with Gasteiger partial charge in [0.25, 0.3) is 0 Å². The zero-order valence-electron chi connectivity index (χ0n) is 26.4. The largest absolute Gasteiger partial charge is 0.508 e. The number of aliphatic hydroxyl groups is 3. The van der Waals surface area contributed by atoms with Gasteiger partial charge >= 0.3 is 13.6 Å². The second-order valence-corrected chi connectivity index (χ2v) is 14.8. The van der Waals surface area contributed by atoms with Crippen LogP contribution in [0.1, 0.15) is 23.3 Å². The van der Waals surface area contributed by atoms with Gasteiger partial charge in [-0.3, -0.25) is 9.36 Å². The van der Waals surface area contributed by atoms with Crippen molar-refractivity contribution >= 4 is 42.2 Å². The van der Waals surface area contributed by atoms with Crippen molar-refractivity contribution in [3.05, 3.63) is 114 Å². The molecule has 4 aromatic carbocycles. The van der Waals surface area contributed by atoms with Crippen LogP contribution >= 0.6 is 19.4 Å². The summed E-state index contributed by atoms with van der Waals surface area (Å²) < 4.78 is 36.8. The van der Waals surface area contributed by atoms with Crippen molar-refractivity contribution < 1.29 is 63.3 Å². The van der Waals surface area contributed by atoms with Crippen molar-refractivity contribution in [2.24, 2.45) is 0 Å². The van der Waals surface area contributed by atoms with E-state index in [1.807, 2.05) is 0 Å². The fourth-order valence-electron chi connectivity index (χ4n) is 6.03. The van der Waals surface area contributed by atoms with Gasteiger partial charge in [-0.2, -0.15) is 0 Å². The Kier molecular flexibility index (Phi) is 10.7. The molecule has 4 aromatic rings. The minimum Gasteiger partial charge on any atom is -0.508 e. The maximum absolute atomic E-state index is 13.9. The van der Waals surface area contributed by atoms with Gasteiger partial charge in [0, 0.05) is 17.0 Å². The fraction of sp³-hybridized carbons (Fsp3) is 0.257. The molecule has 16 heteroatoms. The third kappa shape index (κ3) is 7.58. The van der Waals surface area contributed by atoms with Crippen molar-refractivity contribution in [1.29, 1.82) is 0 Å². The first-order valence-corrected chi connectivity index (χ1v) is 18.2. The molecule has 2 heterocycles. The van der Waals surface area contributed by atoms with E-state index >= 15 is 0 Å². The summed E-state index contributed by atoms with van der Waals surface area (Å²) in [6.45, 7) is 0. The number of carboxylic acids is 1. The van der Waals surface area contributed by atoms with Gasteiger partial charge in [-0.1, -0.05) is 54.6 Å². The molecule has 2 saturated heterocycles. The smallest absolute Gasteiger partial charge is 0.356 e. The molecule has 0 saturated carbocycles. The van der Waals surface area contributed by atoms with E-state index in [1.54, 1.807) is 42.5 Å². The lowest BCUT2D eigenvalue weighted by atomic mass is 9.90. The van der Waals surface area contributed by atoms with Crippen molar-refractivity contribution in [3.63, 3.8) is 0 Å². The van der Waals surface area contributed by atoms with Gasteiger partial charge in [-0.15, -0.1) is 11.8 Å². The maximum Gasteiger partial charge on any atom is 0.356 e. The van der Waals surface area contributed by atoms with E-state index in [4.69, 9.17) is 9.47 Å². The number of anilines is 1. The van der Waals surface area contributed by atoms with Gasteiger partial charge < -0.3 is 49.7 Å². The van der Waals surface area contributed by atoms with E-state index in [-0.39, 0.29) is 22.7 Å². The van der Waals surface area contributed by atoms with E-state index in [9.17, 15) is 53.9 Å². The molecular formula is C35H33FNO12PS. The normalized spacial score (nSPS) is 25.6. The summed E-state index contributed by atoms with van der Waals surface area (Å²) >= 11 is 1.13. The van der Waals surface area contributed by atoms with E-state index in [2.05, 4.69) is 0 Å². The summed E-state index contributed by atoms with van der Waals surface area (Å²) in [5, 5.41) is 50.9. The van der Waals surface area contributed by atoms with E-state index in [0.717, 1.165) is 11.8 Å². The first kappa shape index (κ1) is 36.6. The molecule has 2 unspecified atom stereocenters. The number of aliphatic hydroxyl groups excluding tert-OH is 3. The number of phenolic OH excluding ortho intramolecular Hbond substituents is 1. The average Bonchev–Trinajstić information content (AvgIpc) is 3.10. The predicted octanol–water partition coefficient (Wildman–Crippen LogP) is 2.84. The first-order chi connectivity index (χ1) is 24.2. The number of halogens is 1. The number of carbonyl (C=O) groups is 2. The Morgan fingerprint density at radius 1 is 0.902 bits per heavy atom. The molecule has 7 N–H and O–H groups in total. The molecule has 13 nitrogen and oxygen atoms in total. The lowest BCUT2D eigenvalue weighted by Crippen LogP contribution is -2.60. The Bertz CT molecular complexity index is 1930. The molecular weight excluding hydrogens is 708 g/mol. The molecule has 2 fully saturated rings. The summed E-state index contributed by atoms with van der Waals surface area (Å²) in [5.41, 5.74) is 2.49. The number of thioether (sulfide) groups is 1. The minimum absolute atomic E-state index is 0.0189. The topological polar surface area (TPSA) is 215 Å². The Morgan fingerprint density at radius 2 is 1.55 bits per heavy atom. The number of aliphatic carboxylic acids is 1. The standard InChI is InChI=1S/C35H33FNO12PS/c36-21-11-6-19(7-12-21)26(48-35-30(41)28(39)29(40)31(49-35)34(43)44)17-51-32-27(37(33(32)42)22-4-2-1-3-5-22)24-15-10-20(16-25(24)38)18-8-13-23(14-9-18)50(45,46)47/h1-16,26-32,35,38-41H,17H2,(H,43,44)(H2,45,46,47)/t26-,27+,28-,29-,30?,31?,32+,35+/m0/s1. The molecule has 2 aliphatic rings. The van der Waals surface area contributed by atoms with Gasteiger partial charge in [0.2, 0.25) is 5.91 Å². The number of carboxylic acid groups (broad SMARTS) is 1. The molecule has 2 aliphatic heterocycles. The number of phenols is 1. The number of carbonyl (C=O) groups excluding carboxylic acids is 1. The van der Waals surface area contributed by atoms with Crippen LogP contribution in [0.15, 0.2) is 97.1 Å². The van der Waals surface area contributed by atoms with Crippen molar-refractivity contribution in [2.75, 3.05) is 10.7 Å². The van der Waals surface area contributed by atoms with Crippen LogP contribution in [0.5, 0.6) is 5.75 Å². The molecule has 0 radical (unpaired) electrons. The monoisotopic (exact) mass is 741 g/mol. The SMILES string of the molecule is O=C(O)C1O[C@@H](O[C@@H](CS[C@H]2C(=O)N(c3ccccc3)[C@@H]2c2ccc(-c3ccc(P(=O)(O)O)cc3)cc2O)c2ccc(F)cc2)C(O)[C@@H](O)[C@@H]1O. The summed E-state index contributed by atoms with van der Waals surface area (Å²) in [5.74, 6) is -2.61. The van der Waals surface area contributed by atoms with Crippen LogP contribution in [0, 0.1) is 5.82 Å². The lowest BCUT2D eigenvalue weighted by molar-refractivity contribution is -0.303. The number of ether oxygens (including phenoxy) is 2. The molecule has 1 amide bonds. The highest BCUT2D eigenvalue weighted by atomic mass is 32.2. The predicted molar refractivity (Wildman–Crippen MR) is 183 cm³/mol. The molecule has 51 heavy (non-hydrogen) atoms. The van der Waals surface area contributed by atoms with Crippen LogP contribution in [0.2, 0.25) is 0 Å². The third-order valence-corrected chi connectivity index (χ3v) is 11.0. The summed E-state index contributed by atoms with van der Waals surface area (Å²) in [6.07, 6.45) is -10.4. The van der Waals surface area contributed by atoms with Crippen LogP contribution in [0.4, 0.5) is 10.1 Å². The Morgan fingerprint density at radius 3 is 2.16 bits per heavy atom. The lowest BCUT2D eigenvalue weighted by Gasteiger charge is -2.47. The zero-order valence-corrected chi connectivity index (χ0v) is 28.1. The van der Waals surface area contributed by atoms with Crippen LogP contribution in [-0.2, 0) is 23.6 Å². The molecule has 268 valence electrons. The highest BCUT2D eigenvalue weighted by Gasteiger charge is 2.51. The summed E-state index contributed by atoms with van der Waals surface area (Å²) in [6, 6.07) is 23.7. The number of aromatic hydroxyl groups is 1. The molecule has 0 aliphatic carbocycles. The highest BCUT2D eigenvalue weighted by molar-refractivity contribution is 8.00. The van der Waals surface area contributed by atoms with E-state index < -0.39 is 67.5 Å². The van der Waals surface area contributed by atoms with Crippen LogP contribution in [0.3, 0.4) is 0 Å². The average molecular weight is 742 g/mol. The Hall–Kier alpha value is -4.15. The van der Waals surface area contributed by atoms with Crippen molar-refractivity contribution in [1.82, 2.24) is 0 Å². The number of benzene rings is 4. The van der Waals surface area contributed by atoms with Crippen LogP contribution in [-0.4, -0.2) is 88.9 Å². The molecule has 8 atom stereocenters. The minimum atomic E-state index is -4.45. The van der Waals surface area contributed by atoms with E-state index in [1.165, 1.54) is 59.5 Å². The second-order valence-electron chi connectivity index (χ2n) is 12.0. The number of hydrogen-bond donors (Lipinski definition) is 7. The Labute approximate surface area is 294 Å². The van der Waals surface area contributed by atoms with Crippen LogP contribution in [0.25, 0.3) is 11.1 Å². The van der Waals surface area contributed by atoms with E-state index in [0.29, 0.717) is 27.9 Å². The third-order valence-electron chi connectivity index (χ3n) is 8.75. The maximum atomic E-state index is 13.9. The number of amides is 1. The summed E-state index contributed by atoms with van der Waals surface area (Å²) in [7, 11) is -4.45. The first-order valence-electron chi connectivity index (χ1n) is 15.6. The molecule has 0 spiro atoms. The number of hydrogen-bond acceptors (Lipinski definition) is 10. The zero-order chi connectivity index (χ0) is 36.6. The molecule has 6 rings (SSSR count). The Balaban J connectivity index is 1.29. The van der Waals surface area contributed by atoms with Crippen molar-refractivity contribution in [3.8, 4) is 16.9 Å². The van der Waals surface area contributed by atoms with Gasteiger partial charge in [-0.05, 0) is 59.2 Å². The number of rotatable bonds is 11. The highest BCUT2D eigenvalue weighted by Crippen LogP contribution is 2.49. The summed E-state index contributed by atoms with van der Waals surface area (Å²) in [4.78, 5) is 45.9.